The van der Waals surface area contributed by atoms with Gasteiger partial charge >= 0.3 is 0 Å². The van der Waals surface area contributed by atoms with Gasteiger partial charge in [-0.05, 0) is 49.1 Å². The number of rotatable bonds is 5. The molecule has 2 amide bonds. The predicted molar refractivity (Wildman–Crippen MR) is 113 cm³/mol. The predicted octanol–water partition coefficient (Wildman–Crippen LogP) is 3.07. The molecule has 1 atom stereocenters. The Bertz CT molecular complexity index is 864. The molecule has 5 nitrogen and oxygen atoms in total. The summed E-state index contributed by atoms with van der Waals surface area (Å²) in [5, 5.41) is 3.22. The van der Waals surface area contributed by atoms with Gasteiger partial charge in [0.15, 0.2) is 0 Å². The van der Waals surface area contributed by atoms with Gasteiger partial charge in [-0.15, -0.1) is 0 Å². The minimum Gasteiger partial charge on any atom is -0.352 e. The number of hydrogen-bond acceptors (Lipinski definition) is 3. The third-order valence-electron chi connectivity index (χ3n) is 6.11. The second-order valence-corrected chi connectivity index (χ2v) is 8.29. The summed E-state index contributed by atoms with van der Waals surface area (Å²) in [7, 11) is 0. The van der Waals surface area contributed by atoms with Crippen molar-refractivity contribution in [2.75, 3.05) is 26.2 Å². The molecule has 6 heteroatoms. The highest BCUT2D eigenvalue weighted by molar-refractivity contribution is 5.94. The molecule has 2 heterocycles. The highest BCUT2D eigenvalue weighted by atomic mass is 19.1. The number of amides is 2. The molecule has 2 aromatic carbocycles. The first-order valence-corrected chi connectivity index (χ1v) is 10.7. The summed E-state index contributed by atoms with van der Waals surface area (Å²) in [6.07, 6.45) is 2.30. The fourth-order valence-electron chi connectivity index (χ4n) is 4.37. The number of hydrogen-bond donors (Lipinski definition) is 1. The normalized spacial score (nSPS) is 20.3. The van der Waals surface area contributed by atoms with Crippen molar-refractivity contribution in [3.05, 3.63) is 71.5 Å². The molecule has 158 valence electrons. The van der Waals surface area contributed by atoms with Crippen LogP contribution in [-0.4, -0.2) is 53.8 Å². The van der Waals surface area contributed by atoms with E-state index in [1.807, 2.05) is 6.07 Å². The zero-order valence-corrected chi connectivity index (χ0v) is 17.1. The van der Waals surface area contributed by atoms with E-state index in [9.17, 15) is 14.0 Å². The molecule has 2 aliphatic rings. The average Bonchev–Trinajstić information content (AvgIpc) is 3.21. The van der Waals surface area contributed by atoms with Crippen LogP contribution in [0.4, 0.5) is 4.39 Å². The maximum Gasteiger partial charge on any atom is 0.253 e. The maximum absolute atomic E-state index is 13.1. The Labute approximate surface area is 176 Å². The summed E-state index contributed by atoms with van der Waals surface area (Å²) in [5.41, 5.74) is 1.78. The van der Waals surface area contributed by atoms with Crippen molar-refractivity contribution in [3.8, 4) is 0 Å². The van der Waals surface area contributed by atoms with Crippen molar-refractivity contribution in [1.82, 2.24) is 15.1 Å². The van der Waals surface area contributed by atoms with Crippen LogP contribution in [0.5, 0.6) is 0 Å². The second-order valence-electron chi connectivity index (χ2n) is 8.29. The SMILES string of the molecule is O=C(N[C@H]1CCN(Cc2ccccc2)C1)C1CCN(C(=O)c2ccc(F)cc2)CC1. The van der Waals surface area contributed by atoms with E-state index in [1.165, 1.54) is 29.8 Å². The van der Waals surface area contributed by atoms with Gasteiger partial charge in [-0.1, -0.05) is 30.3 Å². The topological polar surface area (TPSA) is 52.7 Å². The molecule has 4 rings (SSSR count). The van der Waals surface area contributed by atoms with Crippen LogP contribution in [0.2, 0.25) is 0 Å². The van der Waals surface area contributed by atoms with Gasteiger partial charge in [0.05, 0.1) is 0 Å². The standard InChI is InChI=1S/C24H28FN3O2/c25-21-8-6-20(7-9-21)24(30)28-14-10-19(11-15-28)23(29)26-22-12-13-27(17-22)16-18-4-2-1-3-5-18/h1-9,19,22H,10-17H2,(H,26,29)/t22-/m0/s1. The molecule has 0 aromatic heterocycles. The van der Waals surface area contributed by atoms with Crippen LogP contribution in [0, 0.1) is 11.7 Å². The molecule has 1 N–H and O–H groups in total. The molecule has 30 heavy (non-hydrogen) atoms. The minimum atomic E-state index is -0.351. The van der Waals surface area contributed by atoms with Crippen LogP contribution >= 0.6 is 0 Å². The molecule has 2 fully saturated rings. The Morgan fingerprint density at radius 1 is 0.933 bits per heavy atom. The van der Waals surface area contributed by atoms with E-state index in [2.05, 4.69) is 34.5 Å². The van der Waals surface area contributed by atoms with E-state index in [0.717, 1.165) is 26.1 Å². The number of carbonyl (C=O) groups is 2. The number of halogens is 1. The molecule has 0 aliphatic carbocycles. The second kappa shape index (κ2) is 9.39. The molecular formula is C24H28FN3O2. The van der Waals surface area contributed by atoms with Crippen molar-refractivity contribution in [3.63, 3.8) is 0 Å². The minimum absolute atomic E-state index is 0.0505. The largest absolute Gasteiger partial charge is 0.352 e. The van der Waals surface area contributed by atoms with Gasteiger partial charge in [0.2, 0.25) is 5.91 Å². The first-order valence-electron chi connectivity index (χ1n) is 10.7. The van der Waals surface area contributed by atoms with Crippen LogP contribution in [0.15, 0.2) is 54.6 Å². The fourth-order valence-corrected chi connectivity index (χ4v) is 4.37. The summed E-state index contributed by atoms with van der Waals surface area (Å²) in [6.45, 7) is 3.89. The van der Waals surface area contributed by atoms with Gasteiger partial charge in [-0.3, -0.25) is 14.5 Å². The lowest BCUT2D eigenvalue weighted by molar-refractivity contribution is -0.126. The molecule has 0 bridgehead atoms. The van der Waals surface area contributed by atoms with Crippen LogP contribution in [0.25, 0.3) is 0 Å². The first-order chi connectivity index (χ1) is 14.6. The van der Waals surface area contributed by atoms with Gasteiger partial charge < -0.3 is 10.2 Å². The van der Waals surface area contributed by atoms with E-state index in [0.29, 0.717) is 31.5 Å². The Morgan fingerprint density at radius 3 is 2.33 bits per heavy atom. The monoisotopic (exact) mass is 409 g/mol. The number of nitrogens with one attached hydrogen (secondary N) is 1. The molecular weight excluding hydrogens is 381 g/mol. The third kappa shape index (κ3) is 5.05. The van der Waals surface area contributed by atoms with Gasteiger partial charge in [-0.2, -0.15) is 0 Å². The van der Waals surface area contributed by atoms with Crippen molar-refractivity contribution < 1.29 is 14.0 Å². The zero-order valence-electron chi connectivity index (χ0n) is 17.1. The van der Waals surface area contributed by atoms with Crippen LogP contribution in [0.1, 0.15) is 35.2 Å². The lowest BCUT2D eigenvalue weighted by Crippen LogP contribution is -2.46. The first kappa shape index (κ1) is 20.5. The van der Waals surface area contributed by atoms with Gasteiger partial charge in [0.25, 0.3) is 5.91 Å². The third-order valence-corrected chi connectivity index (χ3v) is 6.11. The summed E-state index contributed by atoms with van der Waals surface area (Å²) in [6, 6.07) is 16.2. The van der Waals surface area contributed by atoms with Gasteiger partial charge in [0, 0.05) is 50.2 Å². The molecule has 2 aromatic rings. The van der Waals surface area contributed by atoms with E-state index >= 15 is 0 Å². The maximum atomic E-state index is 13.1. The summed E-state index contributed by atoms with van der Waals surface area (Å²) >= 11 is 0. The Balaban J connectivity index is 1.22. The average molecular weight is 410 g/mol. The fraction of sp³-hybridized carbons (Fsp3) is 0.417. The van der Waals surface area contributed by atoms with Crippen LogP contribution < -0.4 is 5.32 Å². The molecule has 2 saturated heterocycles. The smallest absolute Gasteiger partial charge is 0.253 e. The number of carbonyl (C=O) groups excluding carboxylic acids is 2. The van der Waals surface area contributed by atoms with E-state index in [1.54, 1.807) is 4.90 Å². The number of likely N-dealkylation sites (tertiary alicyclic amines) is 2. The lowest BCUT2D eigenvalue weighted by atomic mass is 9.95. The number of benzene rings is 2. The summed E-state index contributed by atoms with van der Waals surface area (Å²) in [4.78, 5) is 29.4. The number of piperidine rings is 1. The van der Waals surface area contributed by atoms with Crippen molar-refractivity contribution in [1.29, 1.82) is 0 Å². The molecule has 0 radical (unpaired) electrons. The highest BCUT2D eigenvalue weighted by Gasteiger charge is 2.30. The van der Waals surface area contributed by atoms with Gasteiger partial charge in [-0.25, -0.2) is 4.39 Å². The number of nitrogens with zero attached hydrogens (tertiary/aromatic N) is 2. The van der Waals surface area contributed by atoms with Crippen LogP contribution in [-0.2, 0) is 11.3 Å². The Hall–Kier alpha value is -2.73. The molecule has 2 aliphatic heterocycles. The lowest BCUT2D eigenvalue weighted by Gasteiger charge is -2.32. The highest BCUT2D eigenvalue weighted by Crippen LogP contribution is 2.21. The Morgan fingerprint density at radius 2 is 1.63 bits per heavy atom. The molecule has 0 unspecified atom stereocenters. The van der Waals surface area contributed by atoms with Crippen molar-refractivity contribution in [2.45, 2.75) is 31.8 Å². The summed E-state index contributed by atoms with van der Waals surface area (Å²) in [5.74, 6) is -0.390. The Kier molecular flexibility index (Phi) is 6.43. The van der Waals surface area contributed by atoms with Crippen molar-refractivity contribution >= 4 is 11.8 Å². The summed E-state index contributed by atoms with van der Waals surface area (Å²) < 4.78 is 13.1. The van der Waals surface area contributed by atoms with E-state index in [-0.39, 0.29) is 29.6 Å². The van der Waals surface area contributed by atoms with E-state index in [4.69, 9.17) is 0 Å². The molecule has 0 saturated carbocycles. The van der Waals surface area contributed by atoms with Gasteiger partial charge in [0.1, 0.15) is 5.82 Å². The van der Waals surface area contributed by atoms with Crippen molar-refractivity contribution in [2.24, 2.45) is 5.92 Å². The quantitative estimate of drug-likeness (QED) is 0.826. The van der Waals surface area contributed by atoms with Crippen LogP contribution in [0.3, 0.4) is 0 Å². The zero-order chi connectivity index (χ0) is 20.9. The van der Waals surface area contributed by atoms with E-state index < -0.39 is 0 Å². The molecule has 0 spiro atoms.